The van der Waals surface area contributed by atoms with E-state index in [4.69, 9.17) is 4.74 Å². The van der Waals surface area contributed by atoms with Crippen LogP contribution in [-0.4, -0.2) is 11.9 Å². The molecule has 0 radical (unpaired) electrons. The first-order valence-corrected chi connectivity index (χ1v) is 6.53. The molecule has 0 spiro atoms. The van der Waals surface area contributed by atoms with Gasteiger partial charge >= 0.3 is 11.9 Å². The SMILES string of the molecule is CCCCc1cc2ccccc2c2c1C(=O)OC2=O. The summed E-state index contributed by atoms with van der Waals surface area (Å²) in [6, 6.07) is 9.62. The molecule has 0 N–H and O–H groups in total. The van der Waals surface area contributed by atoms with Gasteiger partial charge < -0.3 is 4.74 Å². The molecule has 0 amide bonds. The number of carbonyl (C=O) groups excluding carboxylic acids is 2. The maximum absolute atomic E-state index is 11.9. The van der Waals surface area contributed by atoms with Gasteiger partial charge in [-0.3, -0.25) is 0 Å². The Bertz CT molecular complexity index is 686. The molecule has 19 heavy (non-hydrogen) atoms. The van der Waals surface area contributed by atoms with Crippen molar-refractivity contribution in [2.24, 2.45) is 0 Å². The lowest BCUT2D eigenvalue weighted by Crippen LogP contribution is -2.01. The third-order valence-electron chi connectivity index (χ3n) is 3.52. The van der Waals surface area contributed by atoms with Crippen LogP contribution in [0.1, 0.15) is 46.0 Å². The van der Waals surface area contributed by atoms with E-state index in [-0.39, 0.29) is 0 Å². The molecule has 3 heteroatoms. The van der Waals surface area contributed by atoms with Crippen LogP contribution >= 0.6 is 0 Å². The second-order valence-corrected chi connectivity index (χ2v) is 4.79. The Morgan fingerprint density at radius 1 is 1.05 bits per heavy atom. The number of hydrogen-bond donors (Lipinski definition) is 0. The molecule has 0 saturated carbocycles. The number of hydrogen-bond acceptors (Lipinski definition) is 3. The van der Waals surface area contributed by atoms with E-state index in [0.29, 0.717) is 11.1 Å². The molecule has 96 valence electrons. The number of benzene rings is 2. The van der Waals surface area contributed by atoms with Gasteiger partial charge in [-0.05, 0) is 29.2 Å². The van der Waals surface area contributed by atoms with Crippen molar-refractivity contribution in [3.63, 3.8) is 0 Å². The van der Waals surface area contributed by atoms with E-state index in [1.165, 1.54) is 0 Å². The van der Waals surface area contributed by atoms with Crippen LogP contribution in [0.15, 0.2) is 30.3 Å². The predicted octanol–water partition coefficient (Wildman–Crippen LogP) is 3.49. The average molecular weight is 254 g/mol. The van der Waals surface area contributed by atoms with E-state index < -0.39 is 11.9 Å². The molecule has 1 aliphatic heterocycles. The van der Waals surface area contributed by atoms with Gasteiger partial charge in [0.15, 0.2) is 0 Å². The fourth-order valence-corrected chi connectivity index (χ4v) is 2.60. The lowest BCUT2D eigenvalue weighted by atomic mass is 9.93. The van der Waals surface area contributed by atoms with Gasteiger partial charge in [-0.25, -0.2) is 9.59 Å². The lowest BCUT2D eigenvalue weighted by Gasteiger charge is -2.08. The van der Waals surface area contributed by atoms with Gasteiger partial charge in [0.2, 0.25) is 0 Å². The van der Waals surface area contributed by atoms with Gasteiger partial charge in [0.05, 0.1) is 11.1 Å². The standard InChI is InChI=1S/C16H14O3/c1-2-3-6-11-9-10-7-4-5-8-12(10)14-13(11)15(17)19-16(14)18/h4-5,7-9H,2-3,6H2,1H3. The fourth-order valence-electron chi connectivity index (χ4n) is 2.60. The molecule has 0 aliphatic carbocycles. The predicted molar refractivity (Wildman–Crippen MR) is 72.3 cm³/mol. The van der Waals surface area contributed by atoms with Crippen LogP contribution in [0.2, 0.25) is 0 Å². The first kappa shape index (κ1) is 11.9. The minimum Gasteiger partial charge on any atom is -0.386 e. The van der Waals surface area contributed by atoms with E-state index in [1.807, 2.05) is 30.3 Å². The quantitative estimate of drug-likeness (QED) is 0.622. The van der Waals surface area contributed by atoms with E-state index in [9.17, 15) is 9.59 Å². The van der Waals surface area contributed by atoms with Crippen LogP contribution in [0, 0.1) is 0 Å². The third kappa shape index (κ3) is 1.82. The Balaban J connectivity index is 2.30. The van der Waals surface area contributed by atoms with E-state index >= 15 is 0 Å². The summed E-state index contributed by atoms with van der Waals surface area (Å²) in [6.45, 7) is 2.10. The molecule has 3 rings (SSSR count). The fraction of sp³-hybridized carbons (Fsp3) is 0.250. The molecule has 2 aromatic rings. The minimum atomic E-state index is -0.519. The highest BCUT2D eigenvalue weighted by atomic mass is 16.6. The Labute approximate surface area is 111 Å². The number of aryl methyl sites for hydroxylation is 1. The van der Waals surface area contributed by atoms with Crippen molar-refractivity contribution in [1.29, 1.82) is 0 Å². The zero-order valence-corrected chi connectivity index (χ0v) is 10.7. The van der Waals surface area contributed by atoms with Crippen molar-refractivity contribution in [1.82, 2.24) is 0 Å². The number of unbranched alkanes of at least 4 members (excludes halogenated alkanes) is 1. The van der Waals surface area contributed by atoms with Crippen molar-refractivity contribution in [3.05, 3.63) is 47.0 Å². The molecule has 1 aliphatic rings. The van der Waals surface area contributed by atoms with Crippen molar-refractivity contribution in [3.8, 4) is 0 Å². The van der Waals surface area contributed by atoms with Gasteiger partial charge in [-0.1, -0.05) is 43.7 Å². The largest absolute Gasteiger partial charge is 0.386 e. The zero-order chi connectivity index (χ0) is 13.4. The molecular formula is C16H14O3. The second kappa shape index (κ2) is 4.50. The summed E-state index contributed by atoms with van der Waals surface area (Å²) in [7, 11) is 0. The number of cyclic esters (lactones) is 2. The lowest BCUT2D eigenvalue weighted by molar-refractivity contribution is 0.0444. The van der Waals surface area contributed by atoms with Gasteiger partial charge in [0.25, 0.3) is 0 Å². The Morgan fingerprint density at radius 2 is 1.79 bits per heavy atom. The summed E-state index contributed by atoms with van der Waals surface area (Å²) in [5.41, 5.74) is 1.83. The molecular weight excluding hydrogens is 240 g/mol. The maximum atomic E-state index is 11.9. The molecule has 0 atom stereocenters. The molecule has 1 heterocycles. The average Bonchev–Trinajstić information content (AvgIpc) is 2.72. The van der Waals surface area contributed by atoms with Crippen LogP contribution in [-0.2, 0) is 11.2 Å². The van der Waals surface area contributed by atoms with E-state index in [1.54, 1.807) is 0 Å². The summed E-state index contributed by atoms with van der Waals surface area (Å²) in [5, 5.41) is 1.78. The Kier molecular flexibility index (Phi) is 2.82. The molecule has 0 bridgehead atoms. The van der Waals surface area contributed by atoms with Gasteiger partial charge in [-0.2, -0.15) is 0 Å². The summed E-state index contributed by atoms with van der Waals surface area (Å²) >= 11 is 0. The van der Waals surface area contributed by atoms with Crippen LogP contribution < -0.4 is 0 Å². The van der Waals surface area contributed by atoms with Crippen LogP contribution in [0.25, 0.3) is 10.8 Å². The minimum absolute atomic E-state index is 0.439. The second-order valence-electron chi connectivity index (χ2n) is 4.79. The number of carbonyl (C=O) groups is 2. The Hall–Kier alpha value is -2.16. The molecule has 0 saturated heterocycles. The van der Waals surface area contributed by atoms with Crippen molar-refractivity contribution in [2.45, 2.75) is 26.2 Å². The summed E-state index contributed by atoms with van der Waals surface area (Å²) < 4.78 is 4.78. The molecule has 2 aromatic carbocycles. The van der Waals surface area contributed by atoms with Crippen LogP contribution in [0.3, 0.4) is 0 Å². The van der Waals surface area contributed by atoms with E-state index in [0.717, 1.165) is 35.6 Å². The van der Waals surface area contributed by atoms with Crippen molar-refractivity contribution < 1.29 is 14.3 Å². The summed E-state index contributed by atoms with van der Waals surface area (Å²) in [4.78, 5) is 23.7. The highest BCUT2D eigenvalue weighted by molar-refractivity contribution is 6.22. The monoisotopic (exact) mass is 254 g/mol. The first-order chi connectivity index (χ1) is 9.22. The first-order valence-electron chi connectivity index (χ1n) is 6.53. The topological polar surface area (TPSA) is 43.4 Å². The highest BCUT2D eigenvalue weighted by Gasteiger charge is 2.33. The number of rotatable bonds is 3. The van der Waals surface area contributed by atoms with Gasteiger partial charge in [0.1, 0.15) is 0 Å². The third-order valence-corrected chi connectivity index (χ3v) is 3.52. The maximum Gasteiger partial charge on any atom is 0.347 e. The highest BCUT2D eigenvalue weighted by Crippen LogP contribution is 2.32. The molecule has 0 fully saturated rings. The zero-order valence-electron chi connectivity index (χ0n) is 10.7. The summed E-state index contributed by atoms with van der Waals surface area (Å²) in [5.74, 6) is -1.02. The summed E-state index contributed by atoms with van der Waals surface area (Å²) in [6.07, 6.45) is 2.84. The Morgan fingerprint density at radius 3 is 2.58 bits per heavy atom. The smallest absolute Gasteiger partial charge is 0.347 e. The van der Waals surface area contributed by atoms with E-state index in [2.05, 4.69) is 6.92 Å². The van der Waals surface area contributed by atoms with Crippen molar-refractivity contribution >= 4 is 22.7 Å². The van der Waals surface area contributed by atoms with Gasteiger partial charge in [-0.15, -0.1) is 0 Å². The number of fused-ring (bicyclic) bond motifs is 3. The van der Waals surface area contributed by atoms with Gasteiger partial charge in [0, 0.05) is 0 Å². The normalized spacial score (nSPS) is 13.7. The molecule has 0 aromatic heterocycles. The number of esters is 2. The van der Waals surface area contributed by atoms with Crippen LogP contribution in [0.4, 0.5) is 0 Å². The van der Waals surface area contributed by atoms with Crippen LogP contribution in [0.5, 0.6) is 0 Å². The number of ether oxygens (including phenoxy) is 1. The molecule has 0 unspecified atom stereocenters. The van der Waals surface area contributed by atoms with Crippen molar-refractivity contribution in [2.75, 3.05) is 0 Å². The molecule has 3 nitrogen and oxygen atoms in total.